The number of benzene rings is 2. The number of methoxy groups -OCH3 is 1. The largest absolute Gasteiger partial charge is 0.497 e. The molecule has 182 valence electrons. The molecule has 1 aliphatic carbocycles. The molecule has 2 aliphatic rings. The van der Waals surface area contributed by atoms with Crippen LogP contribution in [0.25, 0.3) is 5.69 Å². The minimum absolute atomic E-state index is 0.00133. The second-order valence-electron chi connectivity index (χ2n) is 9.05. The maximum absolute atomic E-state index is 13.4. The fourth-order valence-corrected chi connectivity index (χ4v) is 5.48. The second-order valence-corrected chi connectivity index (χ2v) is 9.41. The number of allylic oxidation sites excluding steroid dienone is 3. The third kappa shape index (κ3) is 3.75. The fraction of sp³-hybridized carbons (Fsp3) is 0.250. The van der Waals surface area contributed by atoms with Gasteiger partial charge in [-0.05, 0) is 63.1 Å². The van der Waals surface area contributed by atoms with Gasteiger partial charge in [-0.2, -0.15) is 10.4 Å². The number of hydrogen-bond donors (Lipinski definition) is 1. The summed E-state index contributed by atoms with van der Waals surface area (Å²) in [7, 11) is 1.60. The Morgan fingerprint density at radius 1 is 1.08 bits per heavy atom. The van der Waals surface area contributed by atoms with Gasteiger partial charge >= 0.3 is 0 Å². The summed E-state index contributed by atoms with van der Waals surface area (Å²) in [6, 6.07) is 17.6. The average Bonchev–Trinajstić information content (AvgIpc) is 3.17. The lowest BCUT2D eigenvalue weighted by Gasteiger charge is -2.39. The summed E-state index contributed by atoms with van der Waals surface area (Å²) in [5, 5.41) is 15.4. The summed E-state index contributed by atoms with van der Waals surface area (Å²) in [6.45, 7) is 3.86. The van der Waals surface area contributed by atoms with Crippen LogP contribution in [-0.4, -0.2) is 22.7 Å². The molecule has 0 amide bonds. The Labute approximate surface area is 215 Å². The molecular formula is C28H26ClN5O2. The summed E-state index contributed by atoms with van der Waals surface area (Å²) in [5.41, 5.74) is 12.3. The van der Waals surface area contributed by atoms with E-state index < -0.39 is 5.92 Å². The van der Waals surface area contributed by atoms with E-state index in [0.29, 0.717) is 52.8 Å². The lowest BCUT2D eigenvalue weighted by Crippen LogP contribution is -2.38. The number of nitriles is 1. The van der Waals surface area contributed by atoms with Crippen LogP contribution in [0.15, 0.2) is 71.2 Å². The monoisotopic (exact) mass is 499 g/mol. The number of Topliss-reactive ketones (excluding diaryl/α,β-unsaturated/α-hetero) is 1. The first-order valence-electron chi connectivity index (χ1n) is 11.8. The molecule has 2 N–H and O–H groups in total. The first-order chi connectivity index (χ1) is 17.3. The van der Waals surface area contributed by atoms with E-state index in [-0.39, 0.29) is 11.4 Å². The van der Waals surface area contributed by atoms with Crippen molar-refractivity contribution >= 4 is 23.1 Å². The molecule has 0 spiro atoms. The molecular weight excluding hydrogens is 474 g/mol. The van der Waals surface area contributed by atoms with E-state index in [4.69, 9.17) is 22.1 Å². The number of nitrogens with two attached hydrogens (primary N) is 1. The summed E-state index contributed by atoms with van der Waals surface area (Å²) >= 11 is 6.94. The lowest BCUT2D eigenvalue weighted by atomic mass is 9.75. The predicted molar refractivity (Wildman–Crippen MR) is 139 cm³/mol. The molecule has 0 saturated carbocycles. The molecule has 0 bridgehead atoms. The Kier molecular flexibility index (Phi) is 6.07. The average molecular weight is 500 g/mol. The first kappa shape index (κ1) is 23.7. The molecule has 1 unspecified atom stereocenters. The lowest BCUT2D eigenvalue weighted by molar-refractivity contribution is -0.116. The zero-order chi connectivity index (χ0) is 25.6. The van der Waals surface area contributed by atoms with Gasteiger partial charge in [-0.25, -0.2) is 4.68 Å². The molecule has 7 nitrogen and oxygen atoms in total. The maximum atomic E-state index is 13.4. The van der Waals surface area contributed by atoms with Crippen molar-refractivity contribution in [2.75, 3.05) is 12.0 Å². The topological polar surface area (TPSA) is 97.2 Å². The maximum Gasteiger partial charge on any atom is 0.161 e. The van der Waals surface area contributed by atoms with Gasteiger partial charge in [-0.3, -0.25) is 9.69 Å². The number of ether oxygens (including phenoxy) is 1. The normalized spacial score (nSPS) is 17.8. The van der Waals surface area contributed by atoms with E-state index in [1.54, 1.807) is 11.8 Å². The van der Waals surface area contributed by atoms with Gasteiger partial charge in [-0.15, -0.1) is 0 Å². The van der Waals surface area contributed by atoms with Crippen molar-refractivity contribution in [2.24, 2.45) is 5.73 Å². The number of nitrogens with zero attached hydrogens (tertiary/aromatic N) is 4. The van der Waals surface area contributed by atoms with Crippen LogP contribution in [0.3, 0.4) is 0 Å². The number of hydrogen-bond acceptors (Lipinski definition) is 6. The fourth-order valence-electron chi connectivity index (χ4n) is 5.10. The van der Waals surface area contributed by atoms with Crippen LogP contribution in [0.4, 0.5) is 5.69 Å². The number of carbonyl (C=O) groups excluding carboxylic acids is 1. The molecule has 1 aromatic heterocycles. The second kappa shape index (κ2) is 9.21. The SMILES string of the molecule is COc1ccc(N2C(N)=C(C#N)C(c3c(C)nn(-c4ccc(C)cc4)c3Cl)C3=C2CCCC3=O)cc1. The number of aryl methyl sites for hydroxylation is 2. The Hall–Kier alpha value is -4.02. The van der Waals surface area contributed by atoms with Crippen LogP contribution >= 0.6 is 11.6 Å². The van der Waals surface area contributed by atoms with Gasteiger partial charge in [0.2, 0.25) is 0 Å². The Balaban J connectivity index is 1.72. The number of halogens is 1. The van der Waals surface area contributed by atoms with Crippen molar-refractivity contribution < 1.29 is 9.53 Å². The van der Waals surface area contributed by atoms with Crippen LogP contribution in [0, 0.1) is 25.2 Å². The van der Waals surface area contributed by atoms with Gasteiger partial charge < -0.3 is 10.5 Å². The molecule has 1 atom stereocenters. The van der Waals surface area contributed by atoms with E-state index in [1.165, 1.54) is 0 Å². The van der Waals surface area contributed by atoms with Gasteiger partial charge in [0, 0.05) is 28.9 Å². The summed E-state index contributed by atoms with van der Waals surface area (Å²) < 4.78 is 6.94. The van der Waals surface area contributed by atoms with Crippen LogP contribution < -0.4 is 15.4 Å². The minimum Gasteiger partial charge on any atom is -0.497 e. The minimum atomic E-state index is -0.681. The molecule has 5 rings (SSSR count). The molecule has 1 aliphatic heterocycles. The first-order valence-corrected chi connectivity index (χ1v) is 12.2. The molecule has 0 saturated heterocycles. The molecule has 2 heterocycles. The quantitative estimate of drug-likeness (QED) is 0.512. The van der Waals surface area contributed by atoms with Crippen molar-refractivity contribution in [3.8, 4) is 17.5 Å². The highest BCUT2D eigenvalue weighted by molar-refractivity contribution is 6.31. The van der Waals surface area contributed by atoms with Gasteiger partial charge in [0.05, 0.1) is 36.1 Å². The zero-order valence-corrected chi connectivity index (χ0v) is 21.1. The highest BCUT2D eigenvalue weighted by Crippen LogP contribution is 2.48. The molecule has 2 aromatic carbocycles. The molecule has 3 aromatic rings. The number of rotatable bonds is 4. The van der Waals surface area contributed by atoms with Crippen molar-refractivity contribution in [3.63, 3.8) is 0 Å². The number of anilines is 1. The van der Waals surface area contributed by atoms with Crippen molar-refractivity contribution in [1.82, 2.24) is 9.78 Å². The van der Waals surface area contributed by atoms with Gasteiger partial charge in [-0.1, -0.05) is 29.3 Å². The summed E-state index contributed by atoms with van der Waals surface area (Å²) in [4.78, 5) is 15.3. The number of aromatic nitrogens is 2. The molecule has 0 fully saturated rings. The van der Waals surface area contributed by atoms with Crippen molar-refractivity contribution in [2.45, 2.75) is 39.0 Å². The van der Waals surface area contributed by atoms with Gasteiger partial charge in [0.15, 0.2) is 5.78 Å². The van der Waals surface area contributed by atoms with Crippen LogP contribution in [0.2, 0.25) is 5.15 Å². The zero-order valence-electron chi connectivity index (χ0n) is 20.4. The smallest absolute Gasteiger partial charge is 0.161 e. The van der Waals surface area contributed by atoms with E-state index in [9.17, 15) is 10.1 Å². The summed E-state index contributed by atoms with van der Waals surface area (Å²) in [5.74, 6) is 0.314. The number of ketones is 1. The van der Waals surface area contributed by atoms with E-state index >= 15 is 0 Å². The highest BCUT2D eigenvalue weighted by atomic mass is 35.5. The van der Waals surface area contributed by atoms with Crippen molar-refractivity contribution in [3.05, 3.63) is 93.2 Å². The van der Waals surface area contributed by atoms with Gasteiger partial charge in [0.25, 0.3) is 0 Å². The van der Waals surface area contributed by atoms with Crippen LogP contribution in [0.1, 0.15) is 42.0 Å². The predicted octanol–water partition coefficient (Wildman–Crippen LogP) is 5.46. The standard InChI is InChI=1S/C28H26ClN5O2/c1-16-7-9-19(10-8-16)34-27(29)24(17(2)32-34)25-21(15-30)28(31)33(18-11-13-20(36-3)14-12-18)22-5-4-6-23(35)26(22)25/h7-14,25H,4-6,31H2,1-3H3. The molecule has 36 heavy (non-hydrogen) atoms. The molecule has 0 radical (unpaired) electrons. The van der Waals surface area contributed by atoms with Crippen LogP contribution in [-0.2, 0) is 4.79 Å². The highest BCUT2D eigenvalue weighted by Gasteiger charge is 2.42. The Bertz CT molecular complexity index is 1460. The van der Waals surface area contributed by atoms with Crippen LogP contribution in [0.5, 0.6) is 5.75 Å². The van der Waals surface area contributed by atoms with E-state index in [2.05, 4.69) is 11.2 Å². The molecule has 8 heteroatoms. The third-order valence-corrected chi connectivity index (χ3v) is 7.22. The Morgan fingerprint density at radius 2 is 1.75 bits per heavy atom. The van der Waals surface area contributed by atoms with Gasteiger partial charge in [0.1, 0.15) is 16.7 Å². The summed E-state index contributed by atoms with van der Waals surface area (Å²) in [6.07, 6.45) is 1.78. The Morgan fingerprint density at radius 3 is 2.39 bits per heavy atom. The number of carbonyl (C=O) groups is 1. The van der Waals surface area contributed by atoms with E-state index in [0.717, 1.165) is 22.6 Å². The third-order valence-electron chi connectivity index (χ3n) is 6.86. The van der Waals surface area contributed by atoms with Crippen molar-refractivity contribution in [1.29, 1.82) is 5.26 Å². The van der Waals surface area contributed by atoms with E-state index in [1.807, 2.05) is 67.3 Å².